The van der Waals surface area contributed by atoms with E-state index in [1.165, 1.54) is 77.0 Å². The van der Waals surface area contributed by atoms with E-state index < -0.39 is 0 Å². The van der Waals surface area contributed by atoms with E-state index in [1.807, 2.05) is 0 Å². The molecule has 0 fully saturated rings. The quantitative estimate of drug-likeness (QED) is 0.212. The molecular formula is C20H43P. The summed E-state index contributed by atoms with van der Waals surface area (Å²) in [5, 5.41) is 0. The first-order valence-corrected chi connectivity index (χ1v) is 11.7. The van der Waals surface area contributed by atoms with Crippen molar-refractivity contribution in [1.29, 1.82) is 0 Å². The van der Waals surface area contributed by atoms with Gasteiger partial charge in [-0.15, -0.1) is 7.92 Å². The Kier molecular flexibility index (Phi) is 15.6. The third-order valence-corrected chi connectivity index (χ3v) is 8.89. The van der Waals surface area contributed by atoms with Crippen LogP contribution in [0.3, 0.4) is 0 Å². The third-order valence-electron chi connectivity index (χ3n) is 4.93. The fourth-order valence-corrected chi connectivity index (χ4v) is 7.45. The fourth-order valence-electron chi connectivity index (χ4n) is 3.47. The van der Waals surface area contributed by atoms with Crippen LogP contribution < -0.4 is 0 Å². The van der Waals surface area contributed by atoms with Gasteiger partial charge >= 0.3 is 0 Å². The Labute approximate surface area is 137 Å². The minimum Gasteiger partial charge on any atom is -0.100 e. The summed E-state index contributed by atoms with van der Waals surface area (Å²) >= 11 is 0. The van der Waals surface area contributed by atoms with Crippen molar-refractivity contribution in [3.8, 4) is 0 Å². The molecule has 0 radical (unpaired) electrons. The molecule has 0 saturated heterocycles. The van der Waals surface area contributed by atoms with Crippen LogP contribution in [0.15, 0.2) is 0 Å². The molecule has 0 saturated carbocycles. The Morgan fingerprint density at radius 1 is 0.571 bits per heavy atom. The number of hydrogen-bond donors (Lipinski definition) is 0. The second kappa shape index (κ2) is 15.3. The van der Waals surface area contributed by atoms with Crippen LogP contribution >= 0.6 is 7.92 Å². The van der Waals surface area contributed by atoms with Crippen LogP contribution in [-0.2, 0) is 0 Å². The summed E-state index contributed by atoms with van der Waals surface area (Å²) in [6.45, 7) is 11.9. The van der Waals surface area contributed by atoms with Crippen molar-refractivity contribution in [1.82, 2.24) is 0 Å². The lowest BCUT2D eigenvalue weighted by molar-refractivity contribution is 0.600. The van der Waals surface area contributed by atoms with Gasteiger partial charge in [0, 0.05) is 0 Å². The molecule has 0 amide bonds. The van der Waals surface area contributed by atoms with Gasteiger partial charge in [-0.05, 0) is 49.6 Å². The van der Waals surface area contributed by atoms with Crippen molar-refractivity contribution in [3.05, 3.63) is 0 Å². The van der Waals surface area contributed by atoms with Gasteiger partial charge < -0.3 is 0 Å². The normalized spacial score (nSPS) is 15.9. The molecule has 2 atom stereocenters. The van der Waals surface area contributed by atoms with Gasteiger partial charge in [0.2, 0.25) is 0 Å². The lowest BCUT2D eigenvalue weighted by atomic mass is 10.1. The smallest absolute Gasteiger partial charge is 0.0209 e. The van der Waals surface area contributed by atoms with E-state index in [2.05, 4.69) is 34.6 Å². The molecule has 21 heavy (non-hydrogen) atoms. The highest BCUT2D eigenvalue weighted by Crippen LogP contribution is 2.53. The fraction of sp³-hybridized carbons (Fsp3) is 1.00. The first kappa shape index (κ1) is 21.4. The van der Waals surface area contributed by atoms with E-state index in [-0.39, 0.29) is 7.92 Å². The molecule has 0 aliphatic heterocycles. The second-order valence-electron chi connectivity index (χ2n) is 6.71. The zero-order valence-corrected chi connectivity index (χ0v) is 16.7. The average molecular weight is 315 g/mol. The van der Waals surface area contributed by atoms with Gasteiger partial charge in [0.25, 0.3) is 0 Å². The number of rotatable bonds is 15. The molecule has 0 aromatic rings. The van der Waals surface area contributed by atoms with Gasteiger partial charge in [0.05, 0.1) is 0 Å². The van der Waals surface area contributed by atoms with Crippen molar-refractivity contribution in [2.75, 3.05) is 6.16 Å². The molecule has 0 aromatic heterocycles. The van der Waals surface area contributed by atoms with E-state index in [9.17, 15) is 0 Å². The van der Waals surface area contributed by atoms with Crippen molar-refractivity contribution < 1.29 is 0 Å². The highest BCUT2D eigenvalue weighted by atomic mass is 31.1. The minimum atomic E-state index is 0.273. The predicted molar refractivity (Wildman–Crippen MR) is 103 cm³/mol. The molecule has 0 spiro atoms. The van der Waals surface area contributed by atoms with E-state index >= 15 is 0 Å². The molecule has 0 bridgehead atoms. The molecule has 0 rings (SSSR count). The van der Waals surface area contributed by atoms with Crippen LogP contribution in [0, 0.1) is 0 Å². The molecule has 0 aliphatic carbocycles. The maximum Gasteiger partial charge on any atom is -0.0209 e. The van der Waals surface area contributed by atoms with Crippen LogP contribution in [-0.4, -0.2) is 17.5 Å². The van der Waals surface area contributed by atoms with Gasteiger partial charge in [0.15, 0.2) is 0 Å². The van der Waals surface area contributed by atoms with Gasteiger partial charge in [-0.1, -0.05) is 79.6 Å². The van der Waals surface area contributed by atoms with Crippen molar-refractivity contribution in [3.63, 3.8) is 0 Å². The monoisotopic (exact) mass is 314 g/mol. The second-order valence-corrected chi connectivity index (χ2v) is 9.64. The van der Waals surface area contributed by atoms with Crippen LogP contribution in [0.25, 0.3) is 0 Å². The zero-order valence-electron chi connectivity index (χ0n) is 15.8. The first-order chi connectivity index (χ1) is 10.2. The van der Waals surface area contributed by atoms with Crippen LogP contribution in [0.1, 0.15) is 112 Å². The SMILES string of the molecule is CCCCCC(CC)P(CCCC)C(CC)CCCCC. The lowest BCUT2D eigenvalue weighted by Crippen LogP contribution is -2.17. The molecule has 0 aliphatic rings. The zero-order chi connectivity index (χ0) is 15.9. The van der Waals surface area contributed by atoms with Gasteiger partial charge in [0.1, 0.15) is 0 Å². The Bertz CT molecular complexity index is 184. The van der Waals surface area contributed by atoms with Crippen molar-refractivity contribution >= 4 is 7.92 Å². The number of hydrogen-bond acceptors (Lipinski definition) is 0. The largest absolute Gasteiger partial charge is 0.100 e. The molecule has 0 heterocycles. The summed E-state index contributed by atoms with van der Waals surface area (Å²) in [6, 6.07) is 0. The maximum atomic E-state index is 2.46. The molecule has 0 aromatic carbocycles. The Morgan fingerprint density at radius 3 is 1.33 bits per heavy atom. The Hall–Kier alpha value is 0.430. The molecule has 0 nitrogen and oxygen atoms in total. The summed E-state index contributed by atoms with van der Waals surface area (Å²) in [5.74, 6) is 0. The highest BCUT2D eigenvalue weighted by molar-refractivity contribution is 7.59. The number of unbranched alkanes of at least 4 members (excludes halogenated alkanes) is 5. The van der Waals surface area contributed by atoms with Gasteiger partial charge in [-0.2, -0.15) is 0 Å². The molecule has 0 N–H and O–H groups in total. The molecule has 1 heteroatoms. The van der Waals surface area contributed by atoms with Gasteiger partial charge in [-0.25, -0.2) is 0 Å². The average Bonchev–Trinajstić information content (AvgIpc) is 2.51. The minimum absolute atomic E-state index is 0.273. The summed E-state index contributed by atoms with van der Waals surface area (Å²) in [6.07, 6.45) is 18.9. The van der Waals surface area contributed by atoms with Gasteiger partial charge in [-0.3, -0.25) is 0 Å². The summed E-state index contributed by atoms with van der Waals surface area (Å²) < 4.78 is 0. The molecule has 2 unspecified atom stereocenters. The first-order valence-electron chi connectivity index (χ1n) is 10.0. The van der Waals surface area contributed by atoms with Crippen molar-refractivity contribution in [2.24, 2.45) is 0 Å². The standard InChI is InChI=1S/C20H43P/c1-6-11-14-16-19(9-4)21(18-13-8-3)20(10-5)17-15-12-7-2/h19-20H,6-18H2,1-5H3. The lowest BCUT2D eigenvalue weighted by Gasteiger charge is -2.34. The van der Waals surface area contributed by atoms with Crippen LogP contribution in [0.4, 0.5) is 0 Å². The summed E-state index contributed by atoms with van der Waals surface area (Å²) in [4.78, 5) is 0. The molecular weight excluding hydrogens is 271 g/mol. The third kappa shape index (κ3) is 9.93. The Morgan fingerprint density at radius 2 is 1.00 bits per heavy atom. The Balaban J connectivity index is 4.58. The topological polar surface area (TPSA) is 0 Å². The van der Waals surface area contributed by atoms with Crippen LogP contribution in [0.5, 0.6) is 0 Å². The highest BCUT2D eigenvalue weighted by Gasteiger charge is 2.25. The predicted octanol–water partition coefficient (Wildman–Crippen LogP) is 7.99. The van der Waals surface area contributed by atoms with Crippen LogP contribution in [0.2, 0.25) is 0 Å². The summed E-state index contributed by atoms with van der Waals surface area (Å²) in [7, 11) is 0.273. The van der Waals surface area contributed by atoms with E-state index in [1.54, 1.807) is 6.16 Å². The van der Waals surface area contributed by atoms with E-state index in [0.29, 0.717) is 0 Å². The molecule has 128 valence electrons. The maximum absolute atomic E-state index is 2.46. The summed E-state index contributed by atoms with van der Waals surface area (Å²) in [5.41, 5.74) is 2.12. The van der Waals surface area contributed by atoms with E-state index in [0.717, 1.165) is 11.3 Å². The van der Waals surface area contributed by atoms with Crippen molar-refractivity contribution in [2.45, 2.75) is 123 Å². The van der Waals surface area contributed by atoms with E-state index in [4.69, 9.17) is 0 Å².